The minimum Gasteiger partial charge on any atom is -0.497 e. The highest BCUT2D eigenvalue weighted by Crippen LogP contribution is 2.20. The fourth-order valence-corrected chi connectivity index (χ4v) is 2.15. The summed E-state index contributed by atoms with van der Waals surface area (Å²) in [5.74, 6) is 0.850. The van der Waals surface area contributed by atoms with E-state index in [1.54, 1.807) is 13.3 Å². The first kappa shape index (κ1) is 11.2. The summed E-state index contributed by atoms with van der Waals surface area (Å²) in [6.07, 6.45) is 1.66. The molecule has 0 saturated heterocycles. The van der Waals surface area contributed by atoms with E-state index in [1.807, 2.05) is 24.3 Å². The Morgan fingerprint density at radius 1 is 1.38 bits per heavy atom. The molecular formula is C11H11ClN2OS. The monoisotopic (exact) mass is 254 g/mol. The SMILES string of the molecule is COc1ccc(NCc2ncc(Cl)s2)cc1. The number of methoxy groups -OCH3 is 1. The van der Waals surface area contributed by atoms with Crippen molar-refractivity contribution in [2.45, 2.75) is 6.54 Å². The largest absolute Gasteiger partial charge is 0.497 e. The van der Waals surface area contributed by atoms with Crippen LogP contribution in [0.4, 0.5) is 5.69 Å². The van der Waals surface area contributed by atoms with Crippen LogP contribution in [0.25, 0.3) is 0 Å². The lowest BCUT2D eigenvalue weighted by Gasteiger charge is -2.05. The maximum absolute atomic E-state index is 5.79. The van der Waals surface area contributed by atoms with Gasteiger partial charge < -0.3 is 10.1 Å². The third kappa shape index (κ3) is 2.87. The highest BCUT2D eigenvalue weighted by atomic mass is 35.5. The number of thiazole rings is 1. The number of hydrogen-bond donors (Lipinski definition) is 1. The van der Waals surface area contributed by atoms with E-state index < -0.39 is 0 Å². The van der Waals surface area contributed by atoms with Crippen LogP contribution in [0.1, 0.15) is 5.01 Å². The van der Waals surface area contributed by atoms with Gasteiger partial charge in [-0.25, -0.2) is 4.98 Å². The number of hydrogen-bond acceptors (Lipinski definition) is 4. The number of ether oxygens (including phenoxy) is 1. The molecule has 0 aliphatic heterocycles. The number of benzene rings is 1. The van der Waals surface area contributed by atoms with Gasteiger partial charge in [0.25, 0.3) is 0 Å². The van der Waals surface area contributed by atoms with Gasteiger partial charge in [-0.05, 0) is 24.3 Å². The number of anilines is 1. The average molecular weight is 255 g/mol. The minimum atomic E-state index is 0.684. The second-order valence-corrected chi connectivity index (χ2v) is 4.89. The Balaban J connectivity index is 1.94. The van der Waals surface area contributed by atoms with Crippen molar-refractivity contribution in [3.8, 4) is 5.75 Å². The topological polar surface area (TPSA) is 34.1 Å². The zero-order valence-electron chi connectivity index (χ0n) is 8.74. The maximum Gasteiger partial charge on any atom is 0.119 e. The molecule has 1 aromatic heterocycles. The van der Waals surface area contributed by atoms with Crippen LogP contribution < -0.4 is 10.1 Å². The summed E-state index contributed by atoms with van der Waals surface area (Å²) in [5, 5.41) is 4.23. The predicted molar refractivity (Wildman–Crippen MR) is 67.4 cm³/mol. The number of rotatable bonds is 4. The van der Waals surface area contributed by atoms with Crippen molar-refractivity contribution >= 4 is 28.6 Å². The van der Waals surface area contributed by atoms with Gasteiger partial charge in [-0.15, -0.1) is 11.3 Å². The van der Waals surface area contributed by atoms with Crippen molar-refractivity contribution in [1.82, 2.24) is 4.98 Å². The predicted octanol–water partition coefficient (Wildman–Crippen LogP) is 3.42. The van der Waals surface area contributed by atoms with E-state index in [0.29, 0.717) is 10.9 Å². The summed E-state index contributed by atoms with van der Waals surface area (Å²) >= 11 is 7.28. The Labute approximate surface area is 103 Å². The van der Waals surface area contributed by atoms with E-state index in [2.05, 4.69) is 10.3 Å². The molecule has 0 bridgehead atoms. The van der Waals surface area contributed by atoms with E-state index in [0.717, 1.165) is 16.4 Å². The molecule has 1 heterocycles. The summed E-state index contributed by atoms with van der Waals surface area (Å²) in [6.45, 7) is 0.684. The van der Waals surface area contributed by atoms with Crippen molar-refractivity contribution in [1.29, 1.82) is 0 Å². The van der Waals surface area contributed by atoms with Crippen LogP contribution in [0.2, 0.25) is 4.34 Å². The molecule has 1 N–H and O–H groups in total. The summed E-state index contributed by atoms with van der Waals surface area (Å²) in [5.41, 5.74) is 1.03. The molecule has 16 heavy (non-hydrogen) atoms. The molecule has 0 fully saturated rings. The smallest absolute Gasteiger partial charge is 0.119 e. The summed E-state index contributed by atoms with van der Waals surface area (Å²) in [4.78, 5) is 4.16. The van der Waals surface area contributed by atoms with Crippen LogP contribution in [0.3, 0.4) is 0 Å². The average Bonchev–Trinajstić information content (AvgIpc) is 2.73. The van der Waals surface area contributed by atoms with Crippen molar-refractivity contribution in [3.05, 3.63) is 39.8 Å². The maximum atomic E-state index is 5.79. The van der Waals surface area contributed by atoms with E-state index in [1.165, 1.54) is 11.3 Å². The lowest BCUT2D eigenvalue weighted by molar-refractivity contribution is 0.415. The van der Waals surface area contributed by atoms with Crippen LogP contribution >= 0.6 is 22.9 Å². The first-order valence-corrected chi connectivity index (χ1v) is 5.95. The van der Waals surface area contributed by atoms with Crippen molar-refractivity contribution in [2.24, 2.45) is 0 Å². The molecule has 0 radical (unpaired) electrons. The standard InChI is InChI=1S/C11H11ClN2OS/c1-15-9-4-2-8(3-5-9)13-7-11-14-6-10(12)16-11/h2-6,13H,7H2,1H3. The normalized spacial score (nSPS) is 10.1. The second-order valence-electron chi connectivity index (χ2n) is 3.14. The number of halogens is 1. The second kappa shape index (κ2) is 5.18. The van der Waals surface area contributed by atoms with Gasteiger partial charge in [0.15, 0.2) is 0 Å². The van der Waals surface area contributed by atoms with Crippen LogP contribution in [0.5, 0.6) is 5.75 Å². The van der Waals surface area contributed by atoms with E-state index in [-0.39, 0.29) is 0 Å². The molecule has 0 spiro atoms. The van der Waals surface area contributed by atoms with Crippen molar-refractivity contribution < 1.29 is 4.74 Å². The molecule has 0 amide bonds. The Morgan fingerprint density at radius 2 is 2.12 bits per heavy atom. The molecule has 2 aromatic rings. The fourth-order valence-electron chi connectivity index (χ4n) is 1.26. The van der Waals surface area contributed by atoms with Crippen LogP contribution in [0.15, 0.2) is 30.5 Å². The van der Waals surface area contributed by atoms with Crippen LogP contribution in [0, 0.1) is 0 Å². The first-order chi connectivity index (χ1) is 7.78. The zero-order valence-corrected chi connectivity index (χ0v) is 10.3. The minimum absolute atomic E-state index is 0.684. The first-order valence-electron chi connectivity index (χ1n) is 4.76. The van der Waals surface area contributed by atoms with Gasteiger partial charge in [0.05, 0.1) is 19.9 Å². The Kier molecular flexibility index (Phi) is 3.64. The van der Waals surface area contributed by atoms with Crippen LogP contribution in [-0.2, 0) is 6.54 Å². The van der Waals surface area contributed by atoms with Crippen molar-refractivity contribution in [3.63, 3.8) is 0 Å². The Morgan fingerprint density at radius 3 is 2.69 bits per heavy atom. The molecular weight excluding hydrogens is 244 g/mol. The quantitative estimate of drug-likeness (QED) is 0.908. The van der Waals surface area contributed by atoms with E-state index in [9.17, 15) is 0 Å². The fraction of sp³-hybridized carbons (Fsp3) is 0.182. The zero-order chi connectivity index (χ0) is 11.4. The third-order valence-electron chi connectivity index (χ3n) is 2.06. The van der Waals surface area contributed by atoms with Gasteiger partial charge in [0.1, 0.15) is 15.1 Å². The van der Waals surface area contributed by atoms with Gasteiger partial charge in [-0.3, -0.25) is 0 Å². The third-order valence-corrected chi connectivity index (χ3v) is 3.17. The molecule has 0 atom stereocenters. The molecule has 0 aliphatic carbocycles. The van der Waals surface area contributed by atoms with E-state index >= 15 is 0 Å². The molecule has 84 valence electrons. The summed E-state index contributed by atoms with van der Waals surface area (Å²) in [6, 6.07) is 7.76. The number of nitrogens with zero attached hydrogens (tertiary/aromatic N) is 1. The molecule has 0 aliphatic rings. The van der Waals surface area contributed by atoms with Gasteiger partial charge in [-0.2, -0.15) is 0 Å². The number of aromatic nitrogens is 1. The molecule has 0 saturated carbocycles. The Bertz CT molecular complexity index is 455. The van der Waals surface area contributed by atoms with Crippen LogP contribution in [-0.4, -0.2) is 12.1 Å². The number of nitrogens with one attached hydrogen (secondary N) is 1. The molecule has 2 rings (SSSR count). The van der Waals surface area contributed by atoms with Gasteiger partial charge in [0, 0.05) is 5.69 Å². The molecule has 0 unspecified atom stereocenters. The summed E-state index contributed by atoms with van der Waals surface area (Å²) < 4.78 is 5.79. The molecule has 3 nitrogen and oxygen atoms in total. The summed E-state index contributed by atoms with van der Waals surface area (Å²) in [7, 11) is 1.65. The molecule has 1 aromatic carbocycles. The Hall–Kier alpha value is -1.26. The highest BCUT2D eigenvalue weighted by molar-refractivity contribution is 7.15. The molecule has 5 heteroatoms. The van der Waals surface area contributed by atoms with Gasteiger partial charge in [0.2, 0.25) is 0 Å². The lowest BCUT2D eigenvalue weighted by Crippen LogP contribution is -1.98. The van der Waals surface area contributed by atoms with Crippen molar-refractivity contribution in [2.75, 3.05) is 12.4 Å². The lowest BCUT2D eigenvalue weighted by atomic mass is 10.3. The van der Waals surface area contributed by atoms with Gasteiger partial charge in [-0.1, -0.05) is 11.6 Å². The highest BCUT2D eigenvalue weighted by Gasteiger charge is 1.99. The van der Waals surface area contributed by atoms with Gasteiger partial charge >= 0.3 is 0 Å². The van der Waals surface area contributed by atoms with E-state index in [4.69, 9.17) is 16.3 Å².